The van der Waals surface area contributed by atoms with E-state index in [9.17, 15) is 0 Å². The normalized spacial score (nSPS) is 29.5. The number of rotatable bonds is 4. The smallest absolute Gasteiger partial charge is 0.0760 e. The first kappa shape index (κ1) is 15.3. The molecule has 1 N–H and O–H groups in total. The van der Waals surface area contributed by atoms with Gasteiger partial charge in [-0.05, 0) is 53.5 Å². The summed E-state index contributed by atoms with van der Waals surface area (Å²) in [5.74, 6) is 0.874. The molecule has 2 aliphatic rings. The van der Waals surface area contributed by atoms with Crippen LogP contribution in [0, 0.1) is 5.92 Å². The minimum absolute atomic E-state index is 0.0320. The minimum atomic E-state index is -0.0320. The van der Waals surface area contributed by atoms with E-state index in [1.807, 2.05) is 0 Å². The number of nitrogens with zero attached hydrogens (tertiary/aromatic N) is 1. The van der Waals surface area contributed by atoms with Crippen LogP contribution in [0.4, 0.5) is 0 Å². The summed E-state index contributed by atoms with van der Waals surface area (Å²) in [5.41, 5.74) is -0.0641. The fraction of sp³-hybridized carbons (Fsp3) is 1.00. The van der Waals surface area contributed by atoms with Crippen LogP contribution in [0.3, 0.4) is 0 Å². The lowest BCUT2D eigenvalue weighted by atomic mass is 9.94. The lowest BCUT2D eigenvalue weighted by Crippen LogP contribution is -2.59. The quantitative estimate of drug-likeness (QED) is 0.848. The van der Waals surface area contributed by atoms with Gasteiger partial charge >= 0.3 is 0 Å². The van der Waals surface area contributed by atoms with Crippen LogP contribution in [0.5, 0.6) is 0 Å². The predicted octanol–water partition coefficient (Wildman–Crippen LogP) is 2.65. The van der Waals surface area contributed by atoms with Gasteiger partial charge in [-0.1, -0.05) is 12.8 Å². The Bertz CT molecular complexity index is 279. The zero-order valence-electron chi connectivity index (χ0n) is 13.5. The summed E-state index contributed by atoms with van der Waals surface area (Å²) < 4.78 is 6.17. The highest BCUT2D eigenvalue weighted by atomic mass is 16.5. The lowest BCUT2D eigenvalue weighted by Gasteiger charge is -2.48. The summed E-state index contributed by atoms with van der Waals surface area (Å²) in [6, 6.07) is 0.646. The first-order valence-electron chi connectivity index (χ1n) is 7.91. The molecule has 0 aromatic carbocycles. The van der Waals surface area contributed by atoms with Gasteiger partial charge in [0.15, 0.2) is 0 Å². The predicted molar refractivity (Wildman–Crippen MR) is 80.5 cm³/mol. The van der Waals surface area contributed by atoms with Gasteiger partial charge in [0.05, 0.1) is 11.2 Å². The van der Waals surface area contributed by atoms with Crippen LogP contribution >= 0.6 is 0 Å². The van der Waals surface area contributed by atoms with Gasteiger partial charge in [-0.25, -0.2) is 0 Å². The molecule has 1 heterocycles. The summed E-state index contributed by atoms with van der Waals surface area (Å²) in [5, 5.41) is 3.56. The lowest BCUT2D eigenvalue weighted by molar-refractivity contribution is -0.181. The van der Waals surface area contributed by atoms with Crippen molar-refractivity contribution < 1.29 is 4.74 Å². The molecular formula is C16H32N2O. The van der Waals surface area contributed by atoms with Gasteiger partial charge in [0.25, 0.3) is 0 Å². The molecule has 1 unspecified atom stereocenters. The van der Waals surface area contributed by atoms with Crippen molar-refractivity contribution in [2.45, 2.75) is 70.6 Å². The van der Waals surface area contributed by atoms with Gasteiger partial charge in [0.1, 0.15) is 0 Å². The van der Waals surface area contributed by atoms with Crippen LogP contribution in [0.1, 0.15) is 53.4 Å². The molecule has 3 nitrogen and oxygen atoms in total. The summed E-state index contributed by atoms with van der Waals surface area (Å²) >= 11 is 0. The molecule has 0 bridgehead atoms. The SMILES string of the molecule is CNC(CN1CC(C)(C)OC(C)(C)C1)C1CCCC1. The Labute approximate surface area is 119 Å². The van der Waals surface area contributed by atoms with Gasteiger partial charge in [-0.15, -0.1) is 0 Å². The van der Waals surface area contributed by atoms with Crippen molar-refractivity contribution >= 4 is 0 Å². The van der Waals surface area contributed by atoms with E-state index in [1.54, 1.807) is 0 Å². The highest BCUT2D eigenvalue weighted by Crippen LogP contribution is 2.31. The molecular weight excluding hydrogens is 236 g/mol. The average Bonchev–Trinajstić information content (AvgIpc) is 2.74. The van der Waals surface area contributed by atoms with Crippen LogP contribution in [-0.4, -0.2) is 48.8 Å². The third kappa shape index (κ3) is 4.17. The number of morpholine rings is 1. The number of hydrogen-bond acceptors (Lipinski definition) is 3. The second-order valence-electron chi connectivity index (χ2n) is 7.73. The molecule has 2 rings (SSSR count). The zero-order chi connectivity index (χ0) is 14.1. The maximum absolute atomic E-state index is 6.17. The van der Waals surface area contributed by atoms with Crippen molar-refractivity contribution in [1.82, 2.24) is 10.2 Å². The van der Waals surface area contributed by atoms with Gasteiger partial charge in [0, 0.05) is 25.7 Å². The Kier molecular flexibility index (Phi) is 4.59. The molecule has 3 heteroatoms. The van der Waals surface area contributed by atoms with Crippen molar-refractivity contribution in [3.8, 4) is 0 Å². The Balaban J connectivity index is 1.96. The molecule has 1 saturated carbocycles. The second kappa shape index (κ2) is 5.71. The molecule has 1 saturated heterocycles. The van der Waals surface area contributed by atoms with Crippen molar-refractivity contribution in [2.24, 2.45) is 5.92 Å². The Hall–Kier alpha value is -0.120. The molecule has 0 radical (unpaired) electrons. The van der Waals surface area contributed by atoms with Crippen LogP contribution in [0.2, 0.25) is 0 Å². The Morgan fingerprint density at radius 3 is 2.11 bits per heavy atom. The van der Waals surface area contributed by atoms with Crippen molar-refractivity contribution in [2.75, 3.05) is 26.7 Å². The van der Waals surface area contributed by atoms with Gasteiger partial charge < -0.3 is 10.1 Å². The second-order valence-corrected chi connectivity index (χ2v) is 7.73. The van der Waals surface area contributed by atoms with Crippen molar-refractivity contribution in [3.63, 3.8) is 0 Å². The Morgan fingerprint density at radius 2 is 1.63 bits per heavy atom. The summed E-state index contributed by atoms with van der Waals surface area (Å²) in [7, 11) is 2.12. The largest absolute Gasteiger partial charge is 0.367 e. The third-order valence-corrected chi connectivity index (χ3v) is 4.56. The highest BCUT2D eigenvalue weighted by Gasteiger charge is 2.39. The molecule has 0 amide bonds. The summed E-state index contributed by atoms with van der Waals surface area (Å²) in [6.45, 7) is 12.1. The molecule has 1 aliphatic heterocycles. The van der Waals surface area contributed by atoms with E-state index in [1.165, 1.54) is 25.7 Å². The maximum Gasteiger partial charge on any atom is 0.0760 e. The number of nitrogens with one attached hydrogen (secondary N) is 1. The van der Waals surface area contributed by atoms with E-state index in [-0.39, 0.29) is 11.2 Å². The minimum Gasteiger partial charge on any atom is -0.367 e. The molecule has 0 aromatic rings. The van der Waals surface area contributed by atoms with E-state index < -0.39 is 0 Å². The van der Waals surface area contributed by atoms with Gasteiger partial charge in [-0.3, -0.25) is 4.90 Å². The molecule has 0 spiro atoms. The summed E-state index contributed by atoms with van der Waals surface area (Å²) in [6.07, 6.45) is 5.65. The van der Waals surface area contributed by atoms with Crippen molar-refractivity contribution in [1.29, 1.82) is 0 Å². The average molecular weight is 268 g/mol. The standard InChI is InChI=1S/C16H32N2O/c1-15(2)11-18(12-16(3,4)19-15)10-14(17-5)13-8-6-7-9-13/h13-14,17H,6-12H2,1-5H3. The van der Waals surface area contributed by atoms with Crippen LogP contribution in [-0.2, 0) is 4.74 Å². The molecule has 19 heavy (non-hydrogen) atoms. The number of likely N-dealkylation sites (N-methyl/N-ethyl adjacent to an activating group) is 1. The van der Waals surface area contributed by atoms with Crippen molar-refractivity contribution in [3.05, 3.63) is 0 Å². The summed E-state index contributed by atoms with van der Waals surface area (Å²) in [4.78, 5) is 2.60. The number of ether oxygens (including phenoxy) is 1. The highest BCUT2D eigenvalue weighted by molar-refractivity contribution is 4.92. The van der Waals surface area contributed by atoms with Gasteiger partial charge in [-0.2, -0.15) is 0 Å². The van der Waals surface area contributed by atoms with E-state index in [4.69, 9.17) is 4.74 Å². The van der Waals surface area contributed by atoms with Crippen LogP contribution < -0.4 is 5.32 Å². The van der Waals surface area contributed by atoms with Crippen LogP contribution in [0.25, 0.3) is 0 Å². The van der Waals surface area contributed by atoms with E-state index >= 15 is 0 Å². The molecule has 1 atom stereocenters. The monoisotopic (exact) mass is 268 g/mol. The van der Waals surface area contributed by atoms with Gasteiger partial charge in [0.2, 0.25) is 0 Å². The third-order valence-electron chi connectivity index (χ3n) is 4.56. The molecule has 0 aromatic heterocycles. The number of hydrogen-bond donors (Lipinski definition) is 1. The topological polar surface area (TPSA) is 24.5 Å². The van der Waals surface area contributed by atoms with E-state index in [0.717, 1.165) is 25.6 Å². The molecule has 1 aliphatic carbocycles. The fourth-order valence-electron chi connectivity index (χ4n) is 4.19. The molecule has 2 fully saturated rings. The van der Waals surface area contributed by atoms with E-state index in [2.05, 4.69) is 45.0 Å². The van der Waals surface area contributed by atoms with Crippen LogP contribution in [0.15, 0.2) is 0 Å². The first-order chi connectivity index (χ1) is 8.81. The first-order valence-corrected chi connectivity index (χ1v) is 7.91. The fourth-order valence-corrected chi connectivity index (χ4v) is 4.19. The maximum atomic E-state index is 6.17. The zero-order valence-corrected chi connectivity index (χ0v) is 13.5. The Morgan fingerprint density at radius 1 is 1.11 bits per heavy atom. The van der Waals surface area contributed by atoms with E-state index in [0.29, 0.717) is 6.04 Å². The molecule has 112 valence electrons.